The number of aromatic hydroxyl groups is 1. The van der Waals surface area contributed by atoms with Gasteiger partial charge in [0.1, 0.15) is 17.3 Å². The van der Waals surface area contributed by atoms with Crippen molar-refractivity contribution < 1.29 is 23.1 Å². The first-order valence-electron chi connectivity index (χ1n) is 7.55. The molecule has 3 rings (SSSR count). The Balaban J connectivity index is 1.89. The van der Waals surface area contributed by atoms with Crippen LogP contribution in [0.4, 0.5) is 13.2 Å². The molecule has 4 nitrogen and oxygen atoms in total. The van der Waals surface area contributed by atoms with Crippen molar-refractivity contribution in [2.24, 2.45) is 4.99 Å². The van der Waals surface area contributed by atoms with E-state index in [4.69, 9.17) is 5.11 Å². The van der Waals surface area contributed by atoms with Gasteiger partial charge in [-0.25, -0.2) is 18.2 Å². The highest BCUT2D eigenvalue weighted by atomic mass is 19.1. The quantitative estimate of drug-likeness (QED) is 0.850. The van der Waals surface area contributed by atoms with Crippen molar-refractivity contribution in [3.8, 4) is 5.75 Å². The highest BCUT2D eigenvalue weighted by Gasteiger charge is 2.25. The van der Waals surface area contributed by atoms with Crippen molar-refractivity contribution in [1.29, 1.82) is 0 Å². The number of amidine groups is 1. The van der Waals surface area contributed by atoms with E-state index in [0.717, 1.165) is 17.7 Å². The Morgan fingerprint density at radius 2 is 1.62 bits per heavy atom. The van der Waals surface area contributed by atoms with Gasteiger partial charge < -0.3 is 5.11 Å². The fraction of sp³-hybridized carbons (Fsp3) is 0.0526. The van der Waals surface area contributed by atoms with Crippen LogP contribution in [0.5, 0.6) is 5.75 Å². The van der Waals surface area contributed by atoms with Crippen LogP contribution in [0.2, 0.25) is 0 Å². The molecule has 0 unspecified atom stereocenters. The summed E-state index contributed by atoms with van der Waals surface area (Å²) in [5, 5.41) is 9.12. The van der Waals surface area contributed by atoms with Crippen LogP contribution in [0.3, 0.4) is 0 Å². The van der Waals surface area contributed by atoms with Crippen molar-refractivity contribution in [2.45, 2.75) is 0 Å². The van der Waals surface area contributed by atoms with Crippen LogP contribution in [0.15, 0.2) is 53.2 Å². The second kappa shape index (κ2) is 6.87. The first-order valence-corrected chi connectivity index (χ1v) is 7.55. The van der Waals surface area contributed by atoms with Gasteiger partial charge >= 0.3 is 0 Å². The molecule has 1 aliphatic heterocycles. The van der Waals surface area contributed by atoms with Gasteiger partial charge in [-0.1, -0.05) is 18.2 Å². The van der Waals surface area contributed by atoms with E-state index in [9.17, 15) is 18.0 Å². The van der Waals surface area contributed by atoms with E-state index in [0.29, 0.717) is 5.84 Å². The minimum atomic E-state index is -1.13. The summed E-state index contributed by atoms with van der Waals surface area (Å²) in [6, 6.07) is 7.57. The van der Waals surface area contributed by atoms with Crippen LogP contribution in [0, 0.1) is 17.5 Å². The van der Waals surface area contributed by atoms with Gasteiger partial charge in [0.15, 0.2) is 17.4 Å². The average molecular weight is 358 g/mol. The highest BCUT2D eigenvalue weighted by Crippen LogP contribution is 2.24. The Morgan fingerprint density at radius 3 is 2.23 bits per heavy atom. The summed E-state index contributed by atoms with van der Waals surface area (Å²) < 4.78 is 39.7. The number of hydrogen-bond donors (Lipinski definition) is 1. The maximum absolute atomic E-state index is 13.4. The molecule has 0 bridgehead atoms. The van der Waals surface area contributed by atoms with Crippen molar-refractivity contribution >= 4 is 23.9 Å². The van der Waals surface area contributed by atoms with Crippen LogP contribution >= 0.6 is 0 Å². The lowest BCUT2D eigenvalue weighted by Crippen LogP contribution is -2.26. The Bertz CT molecular complexity index is 940. The largest absolute Gasteiger partial charge is 0.503 e. The molecule has 0 radical (unpaired) electrons. The number of nitrogens with zero attached hydrogens (tertiary/aromatic N) is 2. The third-order valence-corrected chi connectivity index (χ3v) is 3.74. The van der Waals surface area contributed by atoms with E-state index in [1.165, 1.54) is 30.2 Å². The number of carbonyl (C=O) groups is 1. The molecular weight excluding hydrogens is 345 g/mol. The molecule has 1 amide bonds. The SMILES string of the molecule is CN1C(=O)/C(=C\c2cc(F)c(O)c(F)c2)N=C1/C=C/c1ccc(F)cc1. The zero-order valence-corrected chi connectivity index (χ0v) is 13.6. The summed E-state index contributed by atoms with van der Waals surface area (Å²) in [7, 11) is 1.51. The topological polar surface area (TPSA) is 52.9 Å². The number of phenolic OH excluding ortho intramolecular Hbond substituents is 1. The normalized spacial score (nSPS) is 16.0. The van der Waals surface area contributed by atoms with Crippen molar-refractivity contribution in [2.75, 3.05) is 7.05 Å². The highest BCUT2D eigenvalue weighted by molar-refractivity contribution is 6.18. The number of aliphatic imine (C=N–C) groups is 1. The summed E-state index contributed by atoms with van der Waals surface area (Å²) in [5.74, 6) is -3.81. The van der Waals surface area contributed by atoms with Gasteiger partial charge in [0.2, 0.25) is 0 Å². The number of benzene rings is 2. The van der Waals surface area contributed by atoms with Crippen molar-refractivity contribution in [3.05, 3.63) is 76.7 Å². The molecule has 26 heavy (non-hydrogen) atoms. The standard InChI is InChI=1S/C19H13F3N2O2/c1-24-17(7-4-11-2-5-13(20)6-3-11)23-16(19(24)26)10-12-8-14(21)18(25)15(22)9-12/h2-10,25H,1H3/b7-4+,16-10+. The first kappa shape index (κ1) is 17.5. The molecular formula is C19H13F3N2O2. The summed E-state index contributed by atoms with van der Waals surface area (Å²) >= 11 is 0. The Hall–Kier alpha value is -3.35. The smallest absolute Gasteiger partial charge is 0.277 e. The molecule has 0 aliphatic carbocycles. The molecule has 2 aromatic carbocycles. The van der Waals surface area contributed by atoms with E-state index in [2.05, 4.69) is 4.99 Å². The molecule has 2 aromatic rings. The van der Waals surface area contributed by atoms with Crippen LogP contribution in [-0.2, 0) is 4.79 Å². The van der Waals surface area contributed by atoms with Gasteiger partial charge in [-0.3, -0.25) is 9.69 Å². The minimum absolute atomic E-state index is 0.00394. The van der Waals surface area contributed by atoms with Crippen LogP contribution in [0.25, 0.3) is 12.2 Å². The molecule has 0 saturated heterocycles. The number of carbonyl (C=O) groups excluding carboxylic acids is 1. The Labute approximate surface area is 147 Å². The molecule has 1 heterocycles. The van der Waals surface area contributed by atoms with Crippen molar-refractivity contribution in [3.63, 3.8) is 0 Å². The molecule has 0 saturated carbocycles. The first-order chi connectivity index (χ1) is 12.3. The minimum Gasteiger partial charge on any atom is -0.503 e. The maximum atomic E-state index is 13.4. The summed E-state index contributed by atoms with van der Waals surface area (Å²) in [6.45, 7) is 0. The molecule has 1 aliphatic rings. The average Bonchev–Trinajstić information content (AvgIpc) is 2.87. The summed E-state index contributed by atoms with van der Waals surface area (Å²) in [5.41, 5.74) is 0.771. The lowest BCUT2D eigenvalue weighted by atomic mass is 10.1. The third kappa shape index (κ3) is 3.51. The van der Waals surface area contributed by atoms with Crippen LogP contribution in [0.1, 0.15) is 11.1 Å². The second-order valence-electron chi connectivity index (χ2n) is 5.58. The lowest BCUT2D eigenvalue weighted by molar-refractivity contribution is -0.121. The predicted octanol–water partition coefficient (Wildman–Crippen LogP) is 3.73. The van der Waals surface area contributed by atoms with Crippen molar-refractivity contribution in [1.82, 2.24) is 4.90 Å². The number of phenols is 1. The zero-order chi connectivity index (χ0) is 18.8. The number of halogens is 3. The molecule has 0 fully saturated rings. The van der Waals surface area contributed by atoms with Gasteiger partial charge in [-0.2, -0.15) is 0 Å². The number of likely N-dealkylation sites (N-methyl/N-ethyl adjacent to an activating group) is 1. The Kier molecular flexibility index (Phi) is 4.62. The number of amides is 1. The summed E-state index contributed by atoms with van der Waals surface area (Å²) in [6.07, 6.45) is 4.46. The Morgan fingerprint density at radius 1 is 1.00 bits per heavy atom. The lowest BCUT2D eigenvalue weighted by Gasteiger charge is -2.07. The van der Waals surface area contributed by atoms with E-state index in [-0.39, 0.29) is 17.1 Å². The predicted molar refractivity (Wildman–Crippen MR) is 91.6 cm³/mol. The molecule has 7 heteroatoms. The third-order valence-electron chi connectivity index (χ3n) is 3.74. The fourth-order valence-corrected chi connectivity index (χ4v) is 2.34. The molecule has 0 atom stereocenters. The second-order valence-corrected chi connectivity index (χ2v) is 5.58. The van der Waals surface area contributed by atoms with Gasteiger partial charge in [0.25, 0.3) is 5.91 Å². The molecule has 1 N–H and O–H groups in total. The van der Waals surface area contributed by atoms with Gasteiger partial charge in [-0.15, -0.1) is 0 Å². The maximum Gasteiger partial charge on any atom is 0.277 e. The number of rotatable bonds is 3. The van der Waals surface area contributed by atoms with E-state index >= 15 is 0 Å². The molecule has 0 spiro atoms. The molecule has 0 aromatic heterocycles. The molecule has 132 valence electrons. The van der Waals surface area contributed by atoms with E-state index in [1.807, 2.05) is 0 Å². The van der Waals surface area contributed by atoms with Crippen LogP contribution < -0.4 is 0 Å². The number of hydrogen-bond acceptors (Lipinski definition) is 3. The fourth-order valence-electron chi connectivity index (χ4n) is 2.34. The van der Waals surface area contributed by atoms with E-state index < -0.39 is 23.3 Å². The zero-order valence-electron chi connectivity index (χ0n) is 13.6. The van der Waals surface area contributed by atoms with Gasteiger partial charge in [0, 0.05) is 7.05 Å². The van der Waals surface area contributed by atoms with Gasteiger partial charge in [-0.05, 0) is 47.5 Å². The summed E-state index contributed by atoms with van der Waals surface area (Å²) in [4.78, 5) is 17.7. The monoisotopic (exact) mass is 358 g/mol. The van der Waals surface area contributed by atoms with E-state index in [1.54, 1.807) is 24.3 Å². The van der Waals surface area contributed by atoms with Gasteiger partial charge in [0.05, 0.1) is 0 Å². The van der Waals surface area contributed by atoms with Crippen LogP contribution in [-0.4, -0.2) is 28.8 Å².